The van der Waals surface area contributed by atoms with Crippen LogP contribution < -0.4 is 0 Å². The number of rotatable bonds is 9. The zero-order valence-corrected chi connectivity index (χ0v) is 19.3. The molecule has 0 aromatic rings. The summed E-state index contributed by atoms with van der Waals surface area (Å²) in [4.78, 5) is 0. The summed E-state index contributed by atoms with van der Waals surface area (Å²) in [7, 11) is -1.73. The molecule has 1 heterocycles. The Kier molecular flexibility index (Phi) is 7.95. The first kappa shape index (κ1) is 22.9. The molecule has 0 aliphatic carbocycles. The molecule has 0 N–H and O–H groups in total. The van der Waals surface area contributed by atoms with Crippen LogP contribution in [0.15, 0.2) is 11.6 Å². The van der Waals surface area contributed by atoms with E-state index in [9.17, 15) is 0 Å². The maximum Gasteiger partial charge on any atom is 0.192 e. The summed E-state index contributed by atoms with van der Waals surface area (Å²) < 4.78 is 18.2. The van der Waals surface area contributed by atoms with Gasteiger partial charge in [-0.3, -0.25) is 0 Å². The van der Waals surface area contributed by atoms with E-state index in [4.69, 9.17) is 13.9 Å². The fourth-order valence-electron chi connectivity index (χ4n) is 2.78. The fraction of sp³-hybridized carbons (Fsp3) is 0.905. The van der Waals surface area contributed by atoms with Crippen LogP contribution >= 0.6 is 0 Å². The second-order valence-electron chi connectivity index (χ2n) is 10.0. The first-order chi connectivity index (χ1) is 11.3. The van der Waals surface area contributed by atoms with Crippen molar-refractivity contribution in [2.45, 2.75) is 98.1 Å². The lowest BCUT2D eigenvalue weighted by molar-refractivity contribution is -0.152. The average molecular weight is 371 g/mol. The third-order valence-electron chi connectivity index (χ3n) is 5.97. The van der Waals surface area contributed by atoms with Gasteiger partial charge in [-0.2, -0.15) is 0 Å². The number of hydrogen-bond donors (Lipinski definition) is 0. The van der Waals surface area contributed by atoms with Crippen molar-refractivity contribution >= 4 is 8.32 Å². The van der Waals surface area contributed by atoms with Gasteiger partial charge in [-0.25, -0.2) is 0 Å². The molecule has 1 aliphatic rings. The van der Waals surface area contributed by atoms with Crippen LogP contribution in [0.3, 0.4) is 0 Å². The van der Waals surface area contributed by atoms with Crippen LogP contribution in [0.4, 0.5) is 0 Å². The van der Waals surface area contributed by atoms with Crippen molar-refractivity contribution in [3.63, 3.8) is 0 Å². The van der Waals surface area contributed by atoms with Gasteiger partial charge in [0.2, 0.25) is 0 Å². The van der Waals surface area contributed by atoms with E-state index in [2.05, 4.69) is 67.6 Å². The summed E-state index contributed by atoms with van der Waals surface area (Å²) in [6.45, 7) is 22.6. The number of allylic oxidation sites excluding steroid dienone is 2. The van der Waals surface area contributed by atoms with Crippen LogP contribution in [0.2, 0.25) is 18.1 Å². The molecule has 0 saturated carbocycles. The largest absolute Gasteiger partial charge is 0.416 e. The van der Waals surface area contributed by atoms with Gasteiger partial charge in [0, 0.05) is 13.0 Å². The van der Waals surface area contributed by atoms with Crippen LogP contribution in [0, 0.1) is 5.41 Å². The molecule has 1 rings (SSSR count). The molecule has 4 heteroatoms. The van der Waals surface area contributed by atoms with E-state index in [-0.39, 0.29) is 10.5 Å². The van der Waals surface area contributed by atoms with E-state index in [0.29, 0.717) is 13.2 Å². The first-order valence-corrected chi connectivity index (χ1v) is 12.7. The highest BCUT2D eigenvalue weighted by atomic mass is 28.4. The molecule has 0 aromatic carbocycles. The average Bonchev–Trinajstić information content (AvgIpc) is 2.89. The number of hydrogen-bond acceptors (Lipinski definition) is 3. The zero-order chi connectivity index (χ0) is 19.4. The van der Waals surface area contributed by atoms with Crippen molar-refractivity contribution < 1.29 is 13.9 Å². The van der Waals surface area contributed by atoms with Crippen molar-refractivity contribution in [2.24, 2.45) is 5.41 Å². The van der Waals surface area contributed by atoms with E-state index in [1.54, 1.807) is 0 Å². The van der Waals surface area contributed by atoms with Gasteiger partial charge in [-0.05, 0) is 63.6 Å². The molecule has 25 heavy (non-hydrogen) atoms. The molecule has 0 spiro atoms. The van der Waals surface area contributed by atoms with Gasteiger partial charge in [0.15, 0.2) is 14.1 Å². The van der Waals surface area contributed by atoms with Gasteiger partial charge in [0.1, 0.15) is 0 Å². The van der Waals surface area contributed by atoms with Gasteiger partial charge in [0.05, 0.1) is 13.2 Å². The minimum Gasteiger partial charge on any atom is -0.416 e. The smallest absolute Gasteiger partial charge is 0.192 e. The van der Waals surface area contributed by atoms with E-state index in [1.165, 1.54) is 5.57 Å². The van der Waals surface area contributed by atoms with Crippen LogP contribution in [-0.2, 0) is 13.9 Å². The van der Waals surface area contributed by atoms with E-state index >= 15 is 0 Å². The molecule has 0 bridgehead atoms. The van der Waals surface area contributed by atoms with Gasteiger partial charge in [0.25, 0.3) is 0 Å². The number of ether oxygens (including phenoxy) is 2. The molecule has 1 fully saturated rings. The fourth-order valence-corrected chi connectivity index (χ4v) is 3.92. The van der Waals surface area contributed by atoms with E-state index < -0.39 is 14.1 Å². The topological polar surface area (TPSA) is 27.7 Å². The Morgan fingerprint density at radius 1 is 1.08 bits per heavy atom. The Balaban J connectivity index is 2.74. The monoisotopic (exact) mass is 370 g/mol. The second-order valence-corrected chi connectivity index (χ2v) is 14.8. The summed E-state index contributed by atoms with van der Waals surface area (Å²) in [5.74, 6) is -0.408. The molecular weight excluding hydrogens is 328 g/mol. The SMILES string of the molecule is CC(C)=CCC[C@](C)(CCC1(C)OCCO1)CO[Si](C)(C)C(C)(C)C. The standard InChI is InChI=1S/C21H42O3Si/c1-18(2)11-10-12-20(6,13-14-21(7)22-15-16-23-21)17-24-25(8,9)19(3,4)5/h11H,10,12-17H2,1-9H3/t20-/m1/s1. The maximum atomic E-state index is 6.60. The molecule has 1 aliphatic heterocycles. The highest BCUT2D eigenvalue weighted by Crippen LogP contribution is 2.40. The van der Waals surface area contributed by atoms with Crippen LogP contribution in [0.1, 0.15) is 74.1 Å². The lowest BCUT2D eigenvalue weighted by Crippen LogP contribution is -2.44. The summed E-state index contributed by atoms with van der Waals surface area (Å²) in [5.41, 5.74) is 1.54. The predicted octanol–water partition coefficient (Wildman–Crippen LogP) is 6.30. The molecule has 3 nitrogen and oxygen atoms in total. The van der Waals surface area contributed by atoms with Gasteiger partial charge in [-0.1, -0.05) is 39.3 Å². The molecule has 0 aromatic heterocycles. The Morgan fingerprint density at radius 3 is 2.12 bits per heavy atom. The minimum absolute atomic E-state index is 0.153. The molecular formula is C21H42O3Si. The zero-order valence-electron chi connectivity index (χ0n) is 18.3. The van der Waals surface area contributed by atoms with Crippen molar-refractivity contribution in [1.82, 2.24) is 0 Å². The van der Waals surface area contributed by atoms with Crippen LogP contribution in [0.5, 0.6) is 0 Å². The third-order valence-corrected chi connectivity index (χ3v) is 10.4. The molecule has 1 saturated heterocycles. The first-order valence-electron chi connectivity index (χ1n) is 9.84. The third kappa shape index (κ3) is 7.54. The van der Waals surface area contributed by atoms with Gasteiger partial charge in [-0.15, -0.1) is 0 Å². The highest BCUT2D eigenvalue weighted by molar-refractivity contribution is 6.74. The molecule has 0 unspecified atom stereocenters. The van der Waals surface area contributed by atoms with Crippen molar-refractivity contribution in [3.05, 3.63) is 11.6 Å². The Morgan fingerprint density at radius 2 is 1.64 bits per heavy atom. The Labute approximate surface area is 157 Å². The summed E-state index contributed by atoms with van der Waals surface area (Å²) in [6, 6.07) is 0. The highest BCUT2D eigenvalue weighted by Gasteiger charge is 2.40. The van der Waals surface area contributed by atoms with Gasteiger partial charge >= 0.3 is 0 Å². The van der Waals surface area contributed by atoms with Crippen LogP contribution in [-0.4, -0.2) is 33.9 Å². The van der Waals surface area contributed by atoms with Gasteiger partial charge < -0.3 is 13.9 Å². The minimum atomic E-state index is -1.73. The summed E-state index contributed by atoms with van der Waals surface area (Å²) >= 11 is 0. The normalized spacial score (nSPS) is 20.4. The summed E-state index contributed by atoms with van der Waals surface area (Å²) in [5, 5.41) is 0.247. The Bertz CT molecular complexity index is 441. The molecule has 148 valence electrons. The molecule has 0 amide bonds. The lowest BCUT2D eigenvalue weighted by atomic mass is 9.80. The molecule has 0 radical (unpaired) electrons. The maximum absolute atomic E-state index is 6.60. The van der Waals surface area contributed by atoms with Crippen molar-refractivity contribution in [3.8, 4) is 0 Å². The quantitative estimate of drug-likeness (QED) is 0.352. The van der Waals surface area contributed by atoms with Crippen LogP contribution in [0.25, 0.3) is 0 Å². The van der Waals surface area contributed by atoms with E-state index in [1.807, 2.05) is 0 Å². The second kappa shape index (κ2) is 8.68. The van der Waals surface area contributed by atoms with E-state index in [0.717, 1.165) is 32.3 Å². The lowest BCUT2D eigenvalue weighted by Gasteiger charge is -2.40. The summed E-state index contributed by atoms with van der Waals surface area (Å²) in [6.07, 6.45) is 6.59. The van der Waals surface area contributed by atoms with Crippen molar-refractivity contribution in [2.75, 3.05) is 19.8 Å². The Hall–Kier alpha value is -0.163. The van der Waals surface area contributed by atoms with Crippen molar-refractivity contribution in [1.29, 1.82) is 0 Å². The predicted molar refractivity (Wildman–Crippen MR) is 109 cm³/mol. The molecule has 1 atom stereocenters.